The van der Waals surface area contributed by atoms with Gasteiger partial charge in [0.15, 0.2) is 0 Å². The molecule has 1 fully saturated rings. The SMILES string of the molecule is Cc1cccc(C(=O)NCC(=O)O[C@@H](C(=O)NC2CC2)c2ccccc2)c1. The predicted molar refractivity (Wildman–Crippen MR) is 100.0 cm³/mol. The Morgan fingerprint density at radius 2 is 1.81 bits per heavy atom. The minimum Gasteiger partial charge on any atom is -0.446 e. The van der Waals surface area contributed by atoms with Gasteiger partial charge >= 0.3 is 5.97 Å². The first-order valence-electron chi connectivity index (χ1n) is 8.92. The largest absolute Gasteiger partial charge is 0.446 e. The second-order valence-electron chi connectivity index (χ2n) is 6.62. The molecule has 1 saturated carbocycles. The van der Waals surface area contributed by atoms with E-state index in [-0.39, 0.29) is 24.4 Å². The first kappa shape index (κ1) is 18.6. The average Bonchev–Trinajstić information content (AvgIpc) is 3.48. The van der Waals surface area contributed by atoms with Gasteiger partial charge in [0.25, 0.3) is 11.8 Å². The van der Waals surface area contributed by atoms with Gasteiger partial charge in [-0.15, -0.1) is 0 Å². The van der Waals surface area contributed by atoms with Gasteiger partial charge in [-0.25, -0.2) is 0 Å². The van der Waals surface area contributed by atoms with Gasteiger partial charge in [0.2, 0.25) is 6.10 Å². The number of hydrogen-bond acceptors (Lipinski definition) is 4. The third-order valence-electron chi connectivity index (χ3n) is 4.19. The zero-order valence-corrected chi connectivity index (χ0v) is 15.1. The zero-order valence-electron chi connectivity index (χ0n) is 15.1. The molecule has 27 heavy (non-hydrogen) atoms. The maximum Gasteiger partial charge on any atom is 0.326 e. The first-order valence-corrected chi connectivity index (χ1v) is 8.92. The molecular weight excluding hydrogens is 344 g/mol. The molecule has 0 radical (unpaired) electrons. The highest BCUT2D eigenvalue weighted by Crippen LogP contribution is 2.23. The Bertz CT molecular complexity index is 831. The smallest absolute Gasteiger partial charge is 0.326 e. The van der Waals surface area contributed by atoms with Crippen LogP contribution in [0.15, 0.2) is 54.6 Å². The van der Waals surface area contributed by atoms with Crippen LogP contribution in [-0.4, -0.2) is 30.4 Å². The summed E-state index contributed by atoms with van der Waals surface area (Å²) in [5.74, 6) is -1.38. The maximum absolute atomic E-state index is 12.5. The molecule has 0 bridgehead atoms. The fourth-order valence-corrected chi connectivity index (χ4v) is 2.62. The molecule has 140 valence electrons. The Hall–Kier alpha value is -3.15. The van der Waals surface area contributed by atoms with Crippen molar-refractivity contribution in [2.45, 2.75) is 31.9 Å². The number of carbonyl (C=O) groups is 3. The zero-order chi connectivity index (χ0) is 19.2. The molecular formula is C21H22N2O4. The first-order chi connectivity index (χ1) is 13.0. The van der Waals surface area contributed by atoms with Gasteiger partial charge in [-0.3, -0.25) is 14.4 Å². The summed E-state index contributed by atoms with van der Waals surface area (Å²) in [7, 11) is 0. The minimum atomic E-state index is -1.03. The summed E-state index contributed by atoms with van der Waals surface area (Å²) in [6.07, 6.45) is 0.844. The summed E-state index contributed by atoms with van der Waals surface area (Å²) in [6.45, 7) is 1.57. The summed E-state index contributed by atoms with van der Waals surface area (Å²) in [5, 5.41) is 5.38. The molecule has 0 aromatic heterocycles. The number of aryl methyl sites for hydroxylation is 1. The van der Waals surface area contributed by atoms with Crippen LogP contribution >= 0.6 is 0 Å². The van der Waals surface area contributed by atoms with Crippen LogP contribution in [0.4, 0.5) is 0 Å². The number of nitrogens with one attached hydrogen (secondary N) is 2. The van der Waals surface area contributed by atoms with Gasteiger partial charge in [0.1, 0.15) is 6.54 Å². The highest BCUT2D eigenvalue weighted by atomic mass is 16.5. The Kier molecular flexibility index (Phi) is 5.86. The normalized spacial score (nSPS) is 14.1. The Morgan fingerprint density at radius 1 is 1.07 bits per heavy atom. The molecule has 0 unspecified atom stereocenters. The Morgan fingerprint density at radius 3 is 2.48 bits per heavy atom. The molecule has 2 N–H and O–H groups in total. The fraction of sp³-hybridized carbons (Fsp3) is 0.286. The number of rotatable bonds is 7. The standard InChI is InChI=1S/C21H22N2O4/c1-14-6-5-9-16(12-14)20(25)22-13-18(24)27-19(15-7-3-2-4-8-15)21(26)23-17-10-11-17/h2-9,12,17,19H,10-11,13H2,1H3,(H,22,25)(H,23,26)/t19-/m1/s1. The van der Waals surface area contributed by atoms with E-state index in [4.69, 9.17) is 4.74 Å². The van der Waals surface area contributed by atoms with Gasteiger partial charge in [0.05, 0.1) is 0 Å². The number of benzene rings is 2. The van der Waals surface area contributed by atoms with E-state index < -0.39 is 12.1 Å². The van der Waals surface area contributed by atoms with Crippen molar-refractivity contribution < 1.29 is 19.1 Å². The van der Waals surface area contributed by atoms with Gasteiger partial charge in [-0.05, 0) is 31.9 Å². The lowest BCUT2D eigenvalue weighted by Crippen LogP contribution is -2.36. The molecule has 2 aromatic rings. The molecule has 0 spiro atoms. The second kappa shape index (κ2) is 8.49. The van der Waals surface area contributed by atoms with Gasteiger partial charge < -0.3 is 15.4 Å². The van der Waals surface area contributed by atoms with Crippen molar-refractivity contribution >= 4 is 17.8 Å². The maximum atomic E-state index is 12.5. The molecule has 6 heteroatoms. The van der Waals surface area contributed by atoms with Crippen LogP contribution in [0.1, 0.15) is 40.4 Å². The van der Waals surface area contributed by atoms with E-state index in [2.05, 4.69) is 10.6 Å². The van der Waals surface area contributed by atoms with E-state index in [1.165, 1.54) is 0 Å². The number of ether oxygens (including phenoxy) is 1. The number of hydrogen-bond donors (Lipinski definition) is 2. The summed E-state index contributed by atoms with van der Waals surface area (Å²) in [5.41, 5.74) is 2.01. The van der Waals surface area contributed by atoms with E-state index in [0.29, 0.717) is 11.1 Å². The molecule has 1 atom stereocenters. The van der Waals surface area contributed by atoms with Crippen molar-refractivity contribution in [1.29, 1.82) is 0 Å². The highest BCUT2D eigenvalue weighted by Gasteiger charge is 2.30. The molecule has 6 nitrogen and oxygen atoms in total. The molecule has 1 aliphatic rings. The van der Waals surface area contributed by atoms with Crippen molar-refractivity contribution in [3.63, 3.8) is 0 Å². The number of esters is 1. The summed E-state index contributed by atoms with van der Waals surface area (Å²) in [6, 6.07) is 16.1. The molecule has 2 aromatic carbocycles. The molecule has 3 rings (SSSR count). The molecule has 0 heterocycles. The lowest BCUT2D eigenvalue weighted by atomic mass is 10.1. The lowest BCUT2D eigenvalue weighted by molar-refractivity contribution is -0.155. The van der Waals surface area contributed by atoms with Crippen molar-refractivity contribution in [1.82, 2.24) is 10.6 Å². The summed E-state index contributed by atoms with van der Waals surface area (Å²) in [4.78, 5) is 36.8. The van der Waals surface area contributed by atoms with Crippen LogP contribution in [0, 0.1) is 6.92 Å². The molecule has 1 aliphatic carbocycles. The Balaban J connectivity index is 1.60. The van der Waals surface area contributed by atoms with Crippen LogP contribution in [0.5, 0.6) is 0 Å². The van der Waals surface area contributed by atoms with Gasteiger partial charge in [-0.2, -0.15) is 0 Å². The number of amides is 2. The molecule has 0 aliphatic heterocycles. The van der Waals surface area contributed by atoms with Gasteiger partial charge in [0, 0.05) is 17.2 Å². The van der Waals surface area contributed by atoms with Crippen LogP contribution in [0.3, 0.4) is 0 Å². The lowest BCUT2D eigenvalue weighted by Gasteiger charge is -2.18. The van der Waals surface area contributed by atoms with Crippen LogP contribution in [-0.2, 0) is 14.3 Å². The van der Waals surface area contributed by atoms with Crippen molar-refractivity contribution in [2.24, 2.45) is 0 Å². The monoisotopic (exact) mass is 366 g/mol. The second-order valence-corrected chi connectivity index (χ2v) is 6.62. The fourth-order valence-electron chi connectivity index (χ4n) is 2.62. The van der Waals surface area contributed by atoms with E-state index in [9.17, 15) is 14.4 Å². The summed E-state index contributed by atoms with van der Waals surface area (Å²) < 4.78 is 5.37. The van der Waals surface area contributed by atoms with Crippen molar-refractivity contribution in [3.05, 3.63) is 71.3 Å². The van der Waals surface area contributed by atoms with Gasteiger partial charge in [-0.1, -0.05) is 48.0 Å². The topological polar surface area (TPSA) is 84.5 Å². The summed E-state index contributed by atoms with van der Waals surface area (Å²) >= 11 is 0. The van der Waals surface area contributed by atoms with E-state index >= 15 is 0 Å². The quantitative estimate of drug-likeness (QED) is 0.737. The minimum absolute atomic E-state index is 0.156. The third kappa shape index (κ3) is 5.41. The Labute approximate surface area is 157 Å². The van der Waals surface area contributed by atoms with Crippen molar-refractivity contribution in [2.75, 3.05) is 6.54 Å². The highest BCUT2D eigenvalue weighted by molar-refractivity contribution is 5.96. The van der Waals surface area contributed by atoms with Crippen LogP contribution < -0.4 is 10.6 Å². The van der Waals surface area contributed by atoms with Crippen molar-refractivity contribution in [3.8, 4) is 0 Å². The predicted octanol–water partition coefficient (Wildman–Crippen LogP) is 2.29. The van der Waals surface area contributed by atoms with E-state index in [0.717, 1.165) is 18.4 Å². The average molecular weight is 366 g/mol. The van der Waals surface area contributed by atoms with E-state index in [1.54, 1.807) is 42.5 Å². The van der Waals surface area contributed by atoms with Crippen LogP contribution in [0.25, 0.3) is 0 Å². The third-order valence-corrected chi connectivity index (χ3v) is 4.19. The number of carbonyl (C=O) groups excluding carboxylic acids is 3. The molecule has 0 saturated heterocycles. The molecule has 2 amide bonds. The van der Waals surface area contributed by atoms with E-state index in [1.807, 2.05) is 19.1 Å². The van der Waals surface area contributed by atoms with Crippen LogP contribution in [0.2, 0.25) is 0 Å².